The SMILES string of the molecule is CCOc1cc2occ(-c3ccccc3)c2cc1/C(C)=C/C(=O)Nc1ccc(F)cc1F. The summed E-state index contributed by atoms with van der Waals surface area (Å²) < 4.78 is 38.5. The van der Waals surface area contributed by atoms with Crippen molar-refractivity contribution in [3.05, 3.63) is 90.2 Å². The van der Waals surface area contributed by atoms with E-state index in [1.165, 1.54) is 12.1 Å². The molecule has 4 aromatic rings. The number of anilines is 1. The van der Waals surface area contributed by atoms with Crippen molar-refractivity contribution in [1.82, 2.24) is 0 Å². The van der Waals surface area contributed by atoms with Gasteiger partial charge in [-0.2, -0.15) is 0 Å². The molecule has 0 spiro atoms. The number of ether oxygens (including phenoxy) is 1. The quantitative estimate of drug-likeness (QED) is 0.340. The van der Waals surface area contributed by atoms with Crippen molar-refractivity contribution in [1.29, 1.82) is 0 Å². The summed E-state index contributed by atoms with van der Waals surface area (Å²) in [5.74, 6) is -1.52. The van der Waals surface area contributed by atoms with E-state index in [2.05, 4.69) is 5.32 Å². The molecule has 0 radical (unpaired) electrons. The number of allylic oxidation sites excluding steroid dienone is 1. The van der Waals surface area contributed by atoms with Crippen LogP contribution in [0.3, 0.4) is 0 Å². The molecule has 1 aromatic heterocycles. The fourth-order valence-electron chi connectivity index (χ4n) is 3.51. The Balaban J connectivity index is 1.72. The third-order valence-corrected chi connectivity index (χ3v) is 5.02. The molecule has 0 saturated heterocycles. The molecule has 1 heterocycles. The van der Waals surface area contributed by atoms with Gasteiger partial charge in [-0.05, 0) is 43.2 Å². The van der Waals surface area contributed by atoms with E-state index in [9.17, 15) is 13.6 Å². The van der Waals surface area contributed by atoms with Gasteiger partial charge in [0.25, 0.3) is 0 Å². The summed E-state index contributed by atoms with van der Waals surface area (Å²) in [6, 6.07) is 16.5. The number of rotatable bonds is 6. The minimum Gasteiger partial charge on any atom is -0.493 e. The maximum absolute atomic E-state index is 13.9. The molecule has 6 heteroatoms. The van der Waals surface area contributed by atoms with E-state index in [0.29, 0.717) is 29.1 Å². The van der Waals surface area contributed by atoms with Crippen LogP contribution >= 0.6 is 0 Å². The molecule has 32 heavy (non-hydrogen) atoms. The highest BCUT2D eigenvalue weighted by Gasteiger charge is 2.15. The Labute approximate surface area is 184 Å². The van der Waals surface area contributed by atoms with Gasteiger partial charge >= 0.3 is 0 Å². The van der Waals surface area contributed by atoms with Crippen molar-refractivity contribution in [2.24, 2.45) is 0 Å². The van der Waals surface area contributed by atoms with E-state index >= 15 is 0 Å². The molecule has 0 aliphatic rings. The molecule has 0 aliphatic heterocycles. The van der Waals surface area contributed by atoms with Gasteiger partial charge in [0.2, 0.25) is 5.91 Å². The molecular formula is C26H21F2NO3. The van der Waals surface area contributed by atoms with E-state index in [-0.39, 0.29) is 5.69 Å². The average molecular weight is 433 g/mol. The molecular weight excluding hydrogens is 412 g/mol. The van der Waals surface area contributed by atoms with Crippen LogP contribution in [0.4, 0.5) is 14.5 Å². The second-order valence-electron chi connectivity index (χ2n) is 7.23. The second kappa shape index (κ2) is 9.06. The van der Waals surface area contributed by atoms with Crippen LogP contribution in [0.1, 0.15) is 19.4 Å². The summed E-state index contributed by atoms with van der Waals surface area (Å²) in [4.78, 5) is 12.5. The number of benzene rings is 3. The van der Waals surface area contributed by atoms with Gasteiger partial charge in [0.05, 0.1) is 18.6 Å². The molecule has 4 nitrogen and oxygen atoms in total. The number of nitrogens with one attached hydrogen (secondary N) is 1. The summed E-state index contributed by atoms with van der Waals surface area (Å²) in [6.45, 7) is 4.08. The van der Waals surface area contributed by atoms with Gasteiger partial charge in [0.15, 0.2) is 0 Å². The van der Waals surface area contributed by atoms with E-state index in [1.807, 2.05) is 43.3 Å². The Kier molecular flexibility index (Phi) is 6.03. The molecule has 0 fully saturated rings. The minimum absolute atomic E-state index is 0.0952. The molecule has 1 N–H and O–H groups in total. The lowest BCUT2D eigenvalue weighted by atomic mass is 9.99. The van der Waals surface area contributed by atoms with Gasteiger partial charge in [-0.3, -0.25) is 4.79 Å². The molecule has 0 atom stereocenters. The second-order valence-corrected chi connectivity index (χ2v) is 7.23. The van der Waals surface area contributed by atoms with Crippen molar-refractivity contribution in [3.8, 4) is 16.9 Å². The monoisotopic (exact) mass is 433 g/mol. The van der Waals surface area contributed by atoms with Crippen LogP contribution in [0.15, 0.2) is 77.4 Å². The van der Waals surface area contributed by atoms with Crippen LogP contribution < -0.4 is 10.1 Å². The number of hydrogen-bond acceptors (Lipinski definition) is 3. The molecule has 1 amide bonds. The standard InChI is InChI=1S/C26H21F2NO3/c1-3-31-24-14-25-20(21(15-32-25)17-7-5-4-6-8-17)13-19(24)16(2)11-26(30)29-23-10-9-18(27)12-22(23)28/h4-15H,3H2,1-2H3,(H,29,30)/b16-11+. The zero-order valence-electron chi connectivity index (χ0n) is 17.6. The van der Waals surface area contributed by atoms with Crippen molar-refractivity contribution in [2.45, 2.75) is 13.8 Å². The smallest absolute Gasteiger partial charge is 0.248 e. The van der Waals surface area contributed by atoms with Crippen LogP contribution in [0.25, 0.3) is 27.7 Å². The number of carbonyl (C=O) groups is 1. The Bertz CT molecular complexity index is 1310. The average Bonchev–Trinajstić information content (AvgIpc) is 3.19. The molecule has 0 unspecified atom stereocenters. The topological polar surface area (TPSA) is 51.5 Å². The van der Waals surface area contributed by atoms with Crippen LogP contribution in [-0.2, 0) is 4.79 Å². The molecule has 0 saturated carbocycles. The summed E-state index contributed by atoms with van der Waals surface area (Å²) in [5.41, 5.74) is 3.84. The van der Waals surface area contributed by atoms with Crippen LogP contribution in [0, 0.1) is 11.6 Å². The van der Waals surface area contributed by atoms with Gasteiger partial charge < -0.3 is 14.5 Å². The van der Waals surface area contributed by atoms with Gasteiger partial charge in [-0.1, -0.05) is 30.3 Å². The number of amides is 1. The Morgan fingerprint density at radius 3 is 2.59 bits per heavy atom. The van der Waals surface area contributed by atoms with Gasteiger partial charge in [0.1, 0.15) is 23.0 Å². The number of fused-ring (bicyclic) bond motifs is 1. The van der Waals surface area contributed by atoms with E-state index < -0.39 is 17.5 Å². The van der Waals surface area contributed by atoms with Gasteiger partial charge in [-0.25, -0.2) is 8.78 Å². The third kappa shape index (κ3) is 4.39. The molecule has 0 aliphatic carbocycles. The van der Waals surface area contributed by atoms with Crippen LogP contribution in [0.2, 0.25) is 0 Å². The van der Waals surface area contributed by atoms with E-state index in [0.717, 1.165) is 28.6 Å². The maximum Gasteiger partial charge on any atom is 0.248 e. The van der Waals surface area contributed by atoms with Crippen molar-refractivity contribution in [3.63, 3.8) is 0 Å². The highest BCUT2D eigenvalue weighted by atomic mass is 19.1. The molecule has 162 valence electrons. The molecule has 0 bridgehead atoms. The largest absolute Gasteiger partial charge is 0.493 e. The first kappa shape index (κ1) is 21.3. The van der Waals surface area contributed by atoms with E-state index in [4.69, 9.17) is 9.15 Å². The first-order chi connectivity index (χ1) is 15.5. The summed E-state index contributed by atoms with van der Waals surface area (Å²) in [7, 11) is 0. The predicted molar refractivity (Wildman–Crippen MR) is 121 cm³/mol. The normalized spacial score (nSPS) is 11.6. The van der Waals surface area contributed by atoms with Gasteiger partial charge in [-0.15, -0.1) is 0 Å². The molecule has 3 aromatic carbocycles. The number of hydrogen-bond donors (Lipinski definition) is 1. The minimum atomic E-state index is -0.841. The first-order valence-electron chi connectivity index (χ1n) is 10.1. The summed E-state index contributed by atoms with van der Waals surface area (Å²) in [6.07, 6.45) is 3.05. The number of furan rings is 1. The lowest BCUT2D eigenvalue weighted by Gasteiger charge is -2.12. The van der Waals surface area contributed by atoms with Crippen LogP contribution in [0.5, 0.6) is 5.75 Å². The zero-order chi connectivity index (χ0) is 22.7. The zero-order valence-corrected chi connectivity index (χ0v) is 17.6. The van der Waals surface area contributed by atoms with Crippen molar-refractivity contribution < 1.29 is 22.7 Å². The lowest BCUT2D eigenvalue weighted by Crippen LogP contribution is -2.10. The van der Waals surface area contributed by atoms with Gasteiger partial charge in [0, 0.05) is 34.7 Å². The third-order valence-electron chi connectivity index (χ3n) is 5.02. The maximum atomic E-state index is 13.9. The Morgan fingerprint density at radius 2 is 1.88 bits per heavy atom. The van der Waals surface area contributed by atoms with Crippen LogP contribution in [-0.4, -0.2) is 12.5 Å². The highest BCUT2D eigenvalue weighted by Crippen LogP contribution is 2.37. The fourth-order valence-corrected chi connectivity index (χ4v) is 3.51. The lowest BCUT2D eigenvalue weighted by molar-refractivity contribution is -0.111. The van der Waals surface area contributed by atoms with E-state index in [1.54, 1.807) is 19.3 Å². The Hall–Kier alpha value is -3.93. The van der Waals surface area contributed by atoms with Crippen molar-refractivity contribution in [2.75, 3.05) is 11.9 Å². The highest BCUT2D eigenvalue weighted by molar-refractivity contribution is 6.05. The number of halogens is 2. The Morgan fingerprint density at radius 1 is 1.09 bits per heavy atom. The summed E-state index contributed by atoms with van der Waals surface area (Å²) in [5, 5.41) is 3.32. The summed E-state index contributed by atoms with van der Waals surface area (Å²) >= 11 is 0. The first-order valence-corrected chi connectivity index (χ1v) is 10.1. The van der Waals surface area contributed by atoms with Crippen molar-refractivity contribution >= 4 is 28.1 Å². The fraction of sp³-hybridized carbons (Fsp3) is 0.115. The molecule has 4 rings (SSSR count). The predicted octanol–water partition coefficient (Wildman–Crippen LogP) is 6.82. The number of carbonyl (C=O) groups excluding carboxylic acids is 1.